The molecule has 1 atom stereocenters. The molecule has 5 rings (SSSR count). The molecule has 0 radical (unpaired) electrons. The second kappa shape index (κ2) is 7.69. The van der Waals surface area contributed by atoms with Crippen molar-refractivity contribution in [2.45, 2.75) is 13.0 Å². The summed E-state index contributed by atoms with van der Waals surface area (Å²) in [5.74, 6) is -0.664. The van der Waals surface area contributed by atoms with E-state index in [-0.39, 0.29) is 10.4 Å². The highest BCUT2D eigenvalue weighted by Crippen LogP contribution is 2.29. The summed E-state index contributed by atoms with van der Waals surface area (Å²) in [6.45, 7) is 1.84. The lowest BCUT2D eigenvalue weighted by Crippen LogP contribution is -2.26. The van der Waals surface area contributed by atoms with E-state index in [2.05, 4.69) is 25.3 Å². The Hall–Kier alpha value is -3.85. The van der Waals surface area contributed by atoms with Crippen molar-refractivity contribution >= 4 is 39.4 Å². The largest absolute Gasteiger partial charge is 0.360 e. The lowest BCUT2D eigenvalue weighted by molar-refractivity contribution is 0.627. The van der Waals surface area contributed by atoms with Gasteiger partial charge >= 0.3 is 0 Å². The molecular formula is C22H15ClF2N6O. The maximum atomic E-state index is 14.1. The van der Waals surface area contributed by atoms with Gasteiger partial charge in [0.25, 0.3) is 5.56 Å². The molecule has 10 heteroatoms. The number of halogens is 3. The van der Waals surface area contributed by atoms with Gasteiger partial charge in [0.05, 0.1) is 22.8 Å². The van der Waals surface area contributed by atoms with Crippen LogP contribution in [0, 0.1) is 11.6 Å². The van der Waals surface area contributed by atoms with Gasteiger partial charge in [-0.05, 0) is 48.7 Å². The van der Waals surface area contributed by atoms with Gasteiger partial charge in [-0.1, -0.05) is 17.7 Å². The van der Waals surface area contributed by atoms with E-state index in [1.54, 1.807) is 6.07 Å². The fraction of sp³-hybridized carbons (Fsp3) is 0.0909. The molecule has 7 nitrogen and oxygen atoms in total. The third kappa shape index (κ3) is 3.27. The molecule has 2 aromatic carbocycles. The van der Waals surface area contributed by atoms with Crippen LogP contribution in [-0.4, -0.2) is 24.5 Å². The number of imidazole rings is 1. The molecule has 0 bridgehead atoms. The fourth-order valence-electron chi connectivity index (χ4n) is 3.68. The molecule has 3 aromatic heterocycles. The molecule has 0 spiro atoms. The quantitative estimate of drug-likeness (QED) is 0.410. The number of nitrogens with one attached hydrogen (secondary N) is 2. The van der Waals surface area contributed by atoms with Gasteiger partial charge in [0.15, 0.2) is 11.5 Å². The summed E-state index contributed by atoms with van der Waals surface area (Å²) in [5, 5.41) is 3.52. The van der Waals surface area contributed by atoms with Gasteiger partial charge in [-0.25, -0.2) is 23.7 Å². The average molecular weight is 453 g/mol. The Morgan fingerprint density at radius 2 is 1.88 bits per heavy atom. The first-order chi connectivity index (χ1) is 15.4. The minimum atomic E-state index is -0.692. The molecule has 0 fully saturated rings. The average Bonchev–Trinajstić information content (AvgIpc) is 3.27. The van der Waals surface area contributed by atoms with E-state index in [0.717, 1.165) is 0 Å². The van der Waals surface area contributed by atoms with E-state index in [0.29, 0.717) is 33.7 Å². The zero-order valence-electron chi connectivity index (χ0n) is 16.6. The SMILES string of the molecule is C[C@@H](Nc1ncnc2[nH]cnc12)c1cc2ccc(F)c(Cl)c2c(=O)n1-c1ccc(F)cc1. The summed E-state index contributed by atoms with van der Waals surface area (Å²) in [6.07, 6.45) is 2.90. The Morgan fingerprint density at radius 3 is 2.66 bits per heavy atom. The van der Waals surface area contributed by atoms with Gasteiger partial charge < -0.3 is 10.3 Å². The highest BCUT2D eigenvalue weighted by molar-refractivity contribution is 6.35. The molecule has 0 saturated heterocycles. The number of hydrogen-bond acceptors (Lipinski definition) is 5. The summed E-state index contributed by atoms with van der Waals surface area (Å²) < 4.78 is 29.0. The number of aromatic nitrogens is 5. The number of hydrogen-bond donors (Lipinski definition) is 2. The third-order valence-electron chi connectivity index (χ3n) is 5.20. The van der Waals surface area contributed by atoms with Crippen LogP contribution in [0.1, 0.15) is 18.7 Å². The molecule has 2 N–H and O–H groups in total. The standard InChI is InChI=1S/C22H15ClF2N6O/c1-11(30-21-19-20(27-9-26-19)28-10-29-21)16-8-12-2-7-15(25)18(23)17(12)22(32)31(16)14-5-3-13(24)4-6-14/h2-11H,1H3,(H2,26,27,28,29,30)/t11-/m1/s1. The molecule has 5 aromatic rings. The van der Waals surface area contributed by atoms with Crippen LogP contribution in [0.5, 0.6) is 0 Å². The maximum Gasteiger partial charge on any atom is 0.264 e. The van der Waals surface area contributed by atoms with Crippen LogP contribution in [0.4, 0.5) is 14.6 Å². The summed E-state index contributed by atoms with van der Waals surface area (Å²) in [5.41, 5.74) is 1.54. The second-order valence-electron chi connectivity index (χ2n) is 7.20. The normalized spacial score (nSPS) is 12.4. The zero-order chi connectivity index (χ0) is 22.4. The number of aromatic amines is 1. The number of fused-ring (bicyclic) bond motifs is 2. The predicted octanol–water partition coefficient (Wildman–Crippen LogP) is 4.76. The molecule has 3 heterocycles. The first-order valence-electron chi connectivity index (χ1n) is 9.64. The smallest absolute Gasteiger partial charge is 0.264 e. The van der Waals surface area contributed by atoms with Gasteiger partial charge in [-0.15, -0.1) is 0 Å². The van der Waals surface area contributed by atoms with Crippen molar-refractivity contribution in [3.05, 3.63) is 87.8 Å². The Labute approximate surface area is 184 Å². The first kappa shape index (κ1) is 20.1. The molecule has 0 aliphatic rings. The third-order valence-corrected chi connectivity index (χ3v) is 5.57. The summed E-state index contributed by atoms with van der Waals surface area (Å²) in [6, 6.07) is 9.45. The van der Waals surface area contributed by atoms with E-state index in [9.17, 15) is 13.6 Å². The van der Waals surface area contributed by atoms with Crippen molar-refractivity contribution in [1.82, 2.24) is 24.5 Å². The van der Waals surface area contributed by atoms with Crippen molar-refractivity contribution in [2.24, 2.45) is 0 Å². The zero-order valence-corrected chi connectivity index (χ0v) is 17.4. The Balaban J connectivity index is 1.73. The van der Waals surface area contributed by atoms with Crippen LogP contribution >= 0.6 is 11.6 Å². The summed E-state index contributed by atoms with van der Waals surface area (Å²) in [7, 11) is 0. The van der Waals surface area contributed by atoms with E-state index >= 15 is 0 Å². The van der Waals surface area contributed by atoms with Crippen molar-refractivity contribution in [3.8, 4) is 5.69 Å². The van der Waals surface area contributed by atoms with Crippen molar-refractivity contribution < 1.29 is 8.78 Å². The fourth-order valence-corrected chi connectivity index (χ4v) is 3.93. The van der Waals surface area contributed by atoms with E-state index in [4.69, 9.17) is 11.6 Å². The lowest BCUT2D eigenvalue weighted by atomic mass is 10.1. The lowest BCUT2D eigenvalue weighted by Gasteiger charge is -2.21. The van der Waals surface area contributed by atoms with Crippen molar-refractivity contribution in [2.75, 3.05) is 5.32 Å². The molecule has 0 aliphatic heterocycles. The van der Waals surface area contributed by atoms with Crippen molar-refractivity contribution in [1.29, 1.82) is 0 Å². The monoisotopic (exact) mass is 452 g/mol. The van der Waals surface area contributed by atoms with Crippen LogP contribution in [0.15, 0.2) is 59.9 Å². The Kier molecular flexibility index (Phi) is 4.82. The van der Waals surface area contributed by atoms with Crippen LogP contribution in [0.2, 0.25) is 5.02 Å². The van der Waals surface area contributed by atoms with Crippen LogP contribution in [-0.2, 0) is 0 Å². The number of anilines is 1. The number of rotatable bonds is 4. The highest BCUT2D eigenvalue weighted by Gasteiger charge is 2.20. The van der Waals surface area contributed by atoms with E-state index in [1.165, 1.54) is 53.6 Å². The molecule has 0 aliphatic carbocycles. The maximum absolute atomic E-state index is 14.1. The topological polar surface area (TPSA) is 88.5 Å². The minimum Gasteiger partial charge on any atom is -0.360 e. The molecule has 0 unspecified atom stereocenters. The van der Waals surface area contributed by atoms with Crippen molar-refractivity contribution in [3.63, 3.8) is 0 Å². The van der Waals surface area contributed by atoms with Gasteiger partial charge in [-0.2, -0.15) is 0 Å². The molecule has 160 valence electrons. The molecule has 32 heavy (non-hydrogen) atoms. The van der Waals surface area contributed by atoms with E-state index < -0.39 is 23.2 Å². The number of pyridine rings is 1. The van der Waals surface area contributed by atoms with Crippen LogP contribution in [0.3, 0.4) is 0 Å². The van der Waals surface area contributed by atoms with Gasteiger partial charge in [0.1, 0.15) is 23.5 Å². The molecule has 0 saturated carbocycles. The summed E-state index contributed by atoms with van der Waals surface area (Å²) >= 11 is 6.14. The van der Waals surface area contributed by atoms with Gasteiger partial charge in [0, 0.05) is 11.4 Å². The first-order valence-corrected chi connectivity index (χ1v) is 10.0. The predicted molar refractivity (Wildman–Crippen MR) is 118 cm³/mol. The Morgan fingerprint density at radius 1 is 1.09 bits per heavy atom. The molecular weight excluding hydrogens is 438 g/mol. The second-order valence-corrected chi connectivity index (χ2v) is 7.58. The van der Waals surface area contributed by atoms with Gasteiger partial charge in [-0.3, -0.25) is 9.36 Å². The minimum absolute atomic E-state index is 0.0451. The number of benzene rings is 2. The van der Waals surface area contributed by atoms with Crippen LogP contribution in [0.25, 0.3) is 27.6 Å². The number of H-pyrrole nitrogens is 1. The summed E-state index contributed by atoms with van der Waals surface area (Å²) in [4.78, 5) is 29.0. The van der Waals surface area contributed by atoms with Crippen LogP contribution < -0.4 is 10.9 Å². The highest BCUT2D eigenvalue weighted by atomic mass is 35.5. The van der Waals surface area contributed by atoms with E-state index in [1.807, 2.05) is 6.92 Å². The number of nitrogens with zero attached hydrogens (tertiary/aromatic N) is 4. The molecule has 0 amide bonds. The van der Waals surface area contributed by atoms with Gasteiger partial charge in [0.2, 0.25) is 0 Å². The Bertz CT molecular complexity index is 1530.